The normalized spacial score (nSPS) is 23.9. The van der Waals surface area contributed by atoms with Crippen LogP contribution < -0.4 is 11.1 Å². The molecule has 5 nitrogen and oxygen atoms in total. The summed E-state index contributed by atoms with van der Waals surface area (Å²) in [6, 6.07) is 2.18. The van der Waals surface area contributed by atoms with Crippen LogP contribution in [-0.4, -0.2) is 28.3 Å². The van der Waals surface area contributed by atoms with Crippen molar-refractivity contribution in [1.29, 1.82) is 0 Å². The van der Waals surface area contributed by atoms with Gasteiger partial charge in [-0.05, 0) is 25.3 Å². The molecule has 1 aromatic rings. The third-order valence-corrected chi connectivity index (χ3v) is 3.45. The smallest absolute Gasteiger partial charge is 0.223 e. The second-order valence-corrected chi connectivity index (χ2v) is 4.76. The summed E-state index contributed by atoms with van der Waals surface area (Å²) in [5, 5.41) is 7.06. The van der Waals surface area contributed by atoms with Crippen LogP contribution in [0.3, 0.4) is 0 Å². The number of aromatic nitrogens is 2. The molecule has 2 rings (SSSR count). The summed E-state index contributed by atoms with van der Waals surface area (Å²) in [6.07, 6.45) is 5.32. The number of hydrogen-bond acceptors (Lipinski definition) is 3. The van der Waals surface area contributed by atoms with E-state index >= 15 is 0 Å². The molecule has 0 spiro atoms. The zero-order valence-electron chi connectivity index (χ0n) is 10.2. The number of carbonyl (C=O) groups is 1. The number of rotatable bonds is 4. The van der Waals surface area contributed by atoms with Crippen molar-refractivity contribution in [3.05, 3.63) is 18.0 Å². The Hall–Kier alpha value is -1.36. The molecule has 2 atom stereocenters. The highest BCUT2D eigenvalue weighted by atomic mass is 16.1. The van der Waals surface area contributed by atoms with Crippen molar-refractivity contribution in [3.8, 4) is 0 Å². The molecule has 1 fully saturated rings. The average Bonchev–Trinajstić information content (AvgIpc) is 2.88. The van der Waals surface area contributed by atoms with Gasteiger partial charge in [-0.15, -0.1) is 0 Å². The molecule has 17 heavy (non-hydrogen) atoms. The summed E-state index contributed by atoms with van der Waals surface area (Å²) in [6.45, 7) is 0.671. The van der Waals surface area contributed by atoms with E-state index in [1.807, 2.05) is 17.8 Å². The van der Waals surface area contributed by atoms with Crippen LogP contribution in [0.2, 0.25) is 0 Å². The second kappa shape index (κ2) is 5.31. The fourth-order valence-electron chi connectivity index (χ4n) is 2.36. The maximum atomic E-state index is 11.8. The first-order chi connectivity index (χ1) is 8.16. The van der Waals surface area contributed by atoms with Crippen LogP contribution in [0.4, 0.5) is 0 Å². The largest absolute Gasteiger partial charge is 0.355 e. The molecule has 5 heteroatoms. The molecule has 1 amide bonds. The molecule has 3 N–H and O–H groups in total. The number of nitrogens with two attached hydrogens (primary N) is 1. The van der Waals surface area contributed by atoms with E-state index in [1.54, 1.807) is 6.20 Å². The van der Waals surface area contributed by atoms with Gasteiger partial charge in [0.05, 0.1) is 0 Å². The molecule has 1 saturated carbocycles. The lowest BCUT2D eigenvalue weighted by Crippen LogP contribution is -2.32. The van der Waals surface area contributed by atoms with Gasteiger partial charge < -0.3 is 11.1 Å². The summed E-state index contributed by atoms with van der Waals surface area (Å²) in [5.74, 6) is 0.275. The highest BCUT2D eigenvalue weighted by Gasteiger charge is 2.27. The third kappa shape index (κ3) is 3.06. The Morgan fingerprint density at radius 1 is 1.65 bits per heavy atom. The van der Waals surface area contributed by atoms with Crippen molar-refractivity contribution in [3.63, 3.8) is 0 Å². The van der Waals surface area contributed by atoms with Crippen LogP contribution in [0, 0.1) is 5.92 Å². The third-order valence-electron chi connectivity index (χ3n) is 3.45. The Labute approximate surface area is 101 Å². The number of nitrogens with one attached hydrogen (secondary N) is 1. The number of nitrogens with zero attached hydrogens (tertiary/aromatic N) is 2. The van der Waals surface area contributed by atoms with Crippen LogP contribution in [-0.2, 0) is 18.3 Å². The highest BCUT2D eigenvalue weighted by molar-refractivity contribution is 5.78. The molecule has 0 saturated heterocycles. The van der Waals surface area contributed by atoms with E-state index in [4.69, 9.17) is 5.73 Å². The van der Waals surface area contributed by atoms with E-state index in [0.29, 0.717) is 6.54 Å². The van der Waals surface area contributed by atoms with Gasteiger partial charge in [0.15, 0.2) is 0 Å². The van der Waals surface area contributed by atoms with E-state index in [2.05, 4.69) is 10.4 Å². The van der Waals surface area contributed by atoms with Gasteiger partial charge in [-0.1, -0.05) is 0 Å². The van der Waals surface area contributed by atoms with Gasteiger partial charge in [0, 0.05) is 43.9 Å². The fourth-order valence-corrected chi connectivity index (χ4v) is 2.36. The first-order valence-electron chi connectivity index (χ1n) is 6.17. The first-order valence-corrected chi connectivity index (χ1v) is 6.17. The lowest BCUT2D eigenvalue weighted by atomic mass is 10.1. The predicted molar refractivity (Wildman–Crippen MR) is 65.2 cm³/mol. The molecule has 0 radical (unpaired) electrons. The molecule has 0 aromatic carbocycles. The van der Waals surface area contributed by atoms with E-state index in [1.165, 1.54) is 0 Å². The van der Waals surface area contributed by atoms with E-state index in [-0.39, 0.29) is 17.9 Å². The zero-order chi connectivity index (χ0) is 12.3. The van der Waals surface area contributed by atoms with Gasteiger partial charge in [-0.3, -0.25) is 9.48 Å². The van der Waals surface area contributed by atoms with Crippen LogP contribution in [0.15, 0.2) is 12.3 Å². The topological polar surface area (TPSA) is 72.9 Å². The average molecular weight is 236 g/mol. The Morgan fingerprint density at radius 2 is 2.47 bits per heavy atom. The lowest BCUT2D eigenvalue weighted by molar-refractivity contribution is -0.124. The molecule has 1 aliphatic rings. The zero-order valence-corrected chi connectivity index (χ0v) is 10.2. The van der Waals surface area contributed by atoms with Gasteiger partial charge in [-0.25, -0.2) is 0 Å². The number of amides is 1. The molecule has 0 bridgehead atoms. The predicted octanol–water partition coefficient (Wildman–Crippen LogP) is 0.206. The molecule has 1 aliphatic carbocycles. The Morgan fingerprint density at radius 3 is 3.06 bits per heavy atom. The van der Waals surface area contributed by atoms with Crippen molar-refractivity contribution >= 4 is 5.91 Å². The molecule has 0 aliphatic heterocycles. The highest BCUT2D eigenvalue weighted by Crippen LogP contribution is 2.23. The van der Waals surface area contributed by atoms with E-state index in [0.717, 1.165) is 31.4 Å². The van der Waals surface area contributed by atoms with Gasteiger partial charge in [0.25, 0.3) is 0 Å². The number of aryl methyl sites for hydroxylation is 1. The molecular formula is C12H20N4O. The minimum Gasteiger partial charge on any atom is -0.355 e. The molecular weight excluding hydrogens is 216 g/mol. The SMILES string of the molecule is Cn1nccc1CCNC(=O)C1CCC(N)C1. The minimum atomic E-state index is 0.122. The summed E-state index contributed by atoms with van der Waals surface area (Å²) >= 11 is 0. The van der Waals surface area contributed by atoms with Crippen LogP contribution in [0.25, 0.3) is 0 Å². The summed E-state index contributed by atoms with van der Waals surface area (Å²) < 4.78 is 1.83. The van der Waals surface area contributed by atoms with Crippen LogP contribution in [0.1, 0.15) is 25.0 Å². The molecule has 1 aromatic heterocycles. The maximum absolute atomic E-state index is 11.8. The van der Waals surface area contributed by atoms with Gasteiger partial charge >= 0.3 is 0 Å². The monoisotopic (exact) mass is 236 g/mol. The van der Waals surface area contributed by atoms with E-state index in [9.17, 15) is 4.79 Å². The summed E-state index contributed by atoms with van der Waals surface area (Å²) in [7, 11) is 1.91. The minimum absolute atomic E-state index is 0.122. The van der Waals surface area contributed by atoms with Crippen molar-refractivity contribution in [1.82, 2.24) is 15.1 Å². The van der Waals surface area contributed by atoms with Crippen molar-refractivity contribution in [2.75, 3.05) is 6.54 Å². The Bertz CT molecular complexity index is 388. The van der Waals surface area contributed by atoms with Gasteiger partial charge in [0.2, 0.25) is 5.91 Å². The summed E-state index contributed by atoms with van der Waals surface area (Å²) in [5.41, 5.74) is 6.93. The van der Waals surface area contributed by atoms with Crippen molar-refractivity contribution in [2.24, 2.45) is 18.7 Å². The van der Waals surface area contributed by atoms with Crippen LogP contribution in [0.5, 0.6) is 0 Å². The number of carbonyl (C=O) groups excluding carboxylic acids is 1. The number of hydrogen-bond donors (Lipinski definition) is 2. The lowest BCUT2D eigenvalue weighted by Gasteiger charge is -2.10. The van der Waals surface area contributed by atoms with Crippen LogP contribution >= 0.6 is 0 Å². The van der Waals surface area contributed by atoms with Crippen molar-refractivity contribution in [2.45, 2.75) is 31.7 Å². The fraction of sp³-hybridized carbons (Fsp3) is 0.667. The Balaban J connectivity index is 1.72. The van der Waals surface area contributed by atoms with E-state index < -0.39 is 0 Å². The Kier molecular flexibility index (Phi) is 3.78. The first kappa shape index (κ1) is 12.1. The summed E-state index contributed by atoms with van der Waals surface area (Å²) in [4.78, 5) is 11.8. The van der Waals surface area contributed by atoms with Crippen molar-refractivity contribution < 1.29 is 4.79 Å². The standard InChI is InChI=1S/C12H20N4O/c1-16-11(5-7-15-16)4-6-14-12(17)9-2-3-10(13)8-9/h5,7,9-10H,2-4,6,8,13H2,1H3,(H,14,17). The molecule has 1 heterocycles. The molecule has 2 unspecified atom stereocenters. The van der Waals surface area contributed by atoms with Gasteiger partial charge in [0.1, 0.15) is 0 Å². The maximum Gasteiger partial charge on any atom is 0.223 e. The second-order valence-electron chi connectivity index (χ2n) is 4.76. The van der Waals surface area contributed by atoms with Gasteiger partial charge in [-0.2, -0.15) is 5.10 Å². The quantitative estimate of drug-likeness (QED) is 0.784. The molecule has 94 valence electrons.